The first-order chi connectivity index (χ1) is 10.9. The molecule has 3 rings (SSSR count). The maximum absolute atomic E-state index is 11.8. The number of piperidine rings is 1. The first kappa shape index (κ1) is 16.7. The van der Waals surface area contributed by atoms with E-state index in [2.05, 4.69) is 24.4 Å². The molecule has 1 aromatic rings. The minimum Gasteiger partial charge on any atom is -0.497 e. The van der Waals surface area contributed by atoms with Crippen LogP contribution in [-0.4, -0.2) is 40.5 Å². The topological polar surface area (TPSA) is 64.6 Å². The summed E-state index contributed by atoms with van der Waals surface area (Å²) in [5.74, 6) is 1.37. The van der Waals surface area contributed by atoms with Crippen LogP contribution in [0.25, 0.3) is 0 Å². The monoisotopic (exact) mass is 339 g/mol. The molecule has 0 spiro atoms. The van der Waals surface area contributed by atoms with E-state index in [0.29, 0.717) is 5.92 Å². The van der Waals surface area contributed by atoms with Gasteiger partial charge in [-0.15, -0.1) is 0 Å². The Morgan fingerprint density at radius 3 is 2.78 bits per heavy atom. The molecule has 0 aromatic heterocycles. The van der Waals surface area contributed by atoms with Crippen molar-refractivity contribution in [2.45, 2.75) is 44.2 Å². The van der Waals surface area contributed by atoms with Gasteiger partial charge in [-0.25, -0.2) is 0 Å². The lowest BCUT2D eigenvalue weighted by Crippen LogP contribution is -2.55. The van der Waals surface area contributed by atoms with Gasteiger partial charge >= 0.3 is 0 Å². The minimum atomic E-state index is -3.50. The van der Waals surface area contributed by atoms with Crippen LogP contribution in [0.4, 0.5) is 0 Å². The van der Waals surface area contributed by atoms with E-state index < -0.39 is 10.1 Å². The van der Waals surface area contributed by atoms with E-state index in [0.717, 1.165) is 37.8 Å². The Morgan fingerprint density at radius 1 is 1.35 bits per heavy atom. The minimum absolute atomic E-state index is 0.0547. The Hall–Kier alpha value is -1.11. The molecule has 1 saturated heterocycles. The van der Waals surface area contributed by atoms with Crippen LogP contribution < -0.4 is 10.1 Å². The number of rotatable bonds is 4. The van der Waals surface area contributed by atoms with Gasteiger partial charge in [0.15, 0.2) is 0 Å². The molecule has 0 radical (unpaired) electrons. The summed E-state index contributed by atoms with van der Waals surface area (Å²) in [5.41, 5.74) is 2.47. The van der Waals surface area contributed by atoms with E-state index in [9.17, 15) is 8.42 Å². The van der Waals surface area contributed by atoms with Crippen LogP contribution in [0.3, 0.4) is 0 Å². The molecule has 0 bridgehead atoms. The zero-order valence-electron chi connectivity index (χ0n) is 13.9. The fraction of sp³-hybridized carbons (Fsp3) is 0.647. The van der Waals surface area contributed by atoms with Crippen LogP contribution in [0.5, 0.6) is 5.75 Å². The number of nitrogens with one attached hydrogen (secondary N) is 1. The molecule has 0 saturated carbocycles. The fourth-order valence-corrected chi connectivity index (χ4v) is 4.73. The lowest BCUT2D eigenvalue weighted by Gasteiger charge is -2.46. The molecule has 4 unspecified atom stereocenters. The average molecular weight is 339 g/mol. The molecule has 1 aliphatic heterocycles. The van der Waals surface area contributed by atoms with Crippen molar-refractivity contribution in [3.8, 4) is 5.75 Å². The molecule has 4 atom stereocenters. The summed E-state index contributed by atoms with van der Waals surface area (Å²) in [7, 11) is -1.83. The van der Waals surface area contributed by atoms with Crippen LogP contribution in [0, 0.1) is 5.92 Å². The van der Waals surface area contributed by atoms with Crippen molar-refractivity contribution in [2.75, 3.05) is 19.9 Å². The standard InChI is InChI=1S/C17H25NO4S/c1-4-15-17(22-23(3,19)20)16-12(10-18-15)6-5-11-9-13(21-2)7-8-14(11)16/h7-9,12,15-18H,4-6,10H2,1-3H3. The molecule has 128 valence electrons. The van der Waals surface area contributed by atoms with E-state index >= 15 is 0 Å². The highest BCUT2D eigenvalue weighted by atomic mass is 32.2. The van der Waals surface area contributed by atoms with Crippen LogP contribution in [0.2, 0.25) is 0 Å². The Labute approximate surface area is 138 Å². The Morgan fingerprint density at radius 2 is 2.13 bits per heavy atom. The lowest BCUT2D eigenvalue weighted by molar-refractivity contribution is 0.0636. The summed E-state index contributed by atoms with van der Waals surface area (Å²) in [6.07, 6.45) is 3.67. The van der Waals surface area contributed by atoms with Crippen LogP contribution in [0.1, 0.15) is 36.8 Å². The second-order valence-corrected chi connectivity index (χ2v) is 8.18. The molecule has 1 N–H and O–H groups in total. The predicted octanol–water partition coefficient (Wildman–Crippen LogP) is 2.07. The highest BCUT2D eigenvalue weighted by molar-refractivity contribution is 7.86. The number of methoxy groups -OCH3 is 1. The summed E-state index contributed by atoms with van der Waals surface area (Å²) < 4.78 is 34.4. The van der Waals surface area contributed by atoms with E-state index in [1.807, 2.05) is 6.07 Å². The Bertz CT molecular complexity index is 673. The third kappa shape index (κ3) is 3.39. The number of hydrogen-bond acceptors (Lipinski definition) is 5. The van der Waals surface area contributed by atoms with E-state index in [-0.39, 0.29) is 18.1 Å². The third-order valence-corrected chi connectivity index (χ3v) is 5.69. The van der Waals surface area contributed by atoms with E-state index in [4.69, 9.17) is 8.92 Å². The first-order valence-corrected chi connectivity index (χ1v) is 10.0. The maximum atomic E-state index is 11.8. The first-order valence-electron chi connectivity index (χ1n) is 8.21. The van der Waals surface area contributed by atoms with Gasteiger partial charge in [-0.05, 0) is 55.0 Å². The molecule has 1 fully saturated rings. The van der Waals surface area contributed by atoms with Crippen molar-refractivity contribution in [2.24, 2.45) is 5.92 Å². The smallest absolute Gasteiger partial charge is 0.264 e. The zero-order chi connectivity index (χ0) is 16.6. The van der Waals surface area contributed by atoms with Gasteiger partial charge in [0.2, 0.25) is 0 Å². The van der Waals surface area contributed by atoms with Gasteiger partial charge in [0.1, 0.15) is 5.75 Å². The van der Waals surface area contributed by atoms with Crippen LogP contribution in [-0.2, 0) is 20.7 Å². The summed E-state index contributed by atoms with van der Waals surface area (Å²) in [5, 5.41) is 3.48. The SMILES string of the molecule is CCC1NCC2CCc3cc(OC)ccc3C2C1OS(C)(=O)=O. The number of benzene rings is 1. The van der Waals surface area contributed by atoms with Crippen molar-refractivity contribution in [3.63, 3.8) is 0 Å². The van der Waals surface area contributed by atoms with Crippen molar-refractivity contribution < 1.29 is 17.3 Å². The van der Waals surface area contributed by atoms with Crippen molar-refractivity contribution in [3.05, 3.63) is 29.3 Å². The molecule has 5 nitrogen and oxygen atoms in total. The molecule has 1 aliphatic carbocycles. The summed E-state index contributed by atoms with van der Waals surface area (Å²) in [6, 6.07) is 6.18. The predicted molar refractivity (Wildman–Crippen MR) is 89.3 cm³/mol. The summed E-state index contributed by atoms with van der Waals surface area (Å²) in [4.78, 5) is 0. The number of fused-ring (bicyclic) bond motifs is 3. The Kier molecular flexibility index (Phi) is 4.67. The lowest BCUT2D eigenvalue weighted by atomic mass is 9.68. The quantitative estimate of drug-likeness (QED) is 0.851. The molecule has 23 heavy (non-hydrogen) atoms. The molecule has 2 aliphatic rings. The zero-order valence-corrected chi connectivity index (χ0v) is 14.7. The van der Waals surface area contributed by atoms with Crippen molar-refractivity contribution >= 4 is 10.1 Å². The van der Waals surface area contributed by atoms with Gasteiger partial charge in [-0.3, -0.25) is 4.18 Å². The van der Waals surface area contributed by atoms with Gasteiger partial charge in [0.05, 0.1) is 19.5 Å². The van der Waals surface area contributed by atoms with Gasteiger partial charge in [0.25, 0.3) is 10.1 Å². The average Bonchev–Trinajstić information content (AvgIpc) is 2.52. The highest BCUT2D eigenvalue weighted by Gasteiger charge is 2.44. The van der Waals surface area contributed by atoms with Crippen molar-refractivity contribution in [1.82, 2.24) is 5.32 Å². The van der Waals surface area contributed by atoms with Crippen LogP contribution >= 0.6 is 0 Å². The van der Waals surface area contributed by atoms with Crippen LogP contribution in [0.15, 0.2) is 18.2 Å². The van der Waals surface area contributed by atoms with E-state index in [1.165, 1.54) is 11.1 Å². The number of ether oxygens (including phenoxy) is 1. The van der Waals surface area contributed by atoms with Crippen molar-refractivity contribution in [1.29, 1.82) is 0 Å². The molecular weight excluding hydrogens is 314 g/mol. The van der Waals surface area contributed by atoms with Gasteiger partial charge in [-0.2, -0.15) is 8.42 Å². The second kappa shape index (κ2) is 6.42. The van der Waals surface area contributed by atoms with Gasteiger partial charge in [0, 0.05) is 12.0 Å². The molecule has 1 heterocycles. The largest absolute Gasteiger partial charge is 0.497 e. The summed E-state index contributed by atoms with van der Waals surface area (Å²) in [6.45, 7) is 2.98. The van der Waals surface area contributed by atoms with Gasteiger partial charge < -0.3 is 10.1 Å². The maximum Gasteiger partial charge on any atom is 0.264 e. The Balaban J connectivity index is 2.01. The number of hydrogen-bond donors (Lipinski definition) is 1. The third-order valence-electron chi connectivity index (χ3n) is 5.12. The second-order valence-electron chi connectivity index (χ2n) is 6.58. The number of aryl methyl sites for hydroxylation is 1. The molecule has 1 aromatic carbocycles. The van der Waals surface area contributed by atoms with E-state index in [1.54, 1.807) is 7.11 Å². The summed E-state index contributed by atoms with van der Waals surface area (Å²) >= 11 is 0. The van der Waals surface area contributed by atoms with Gasteiger partial charge in [-0.1, -0.05) is 13.0 Å². The highest BCUT2D eigenvalue weighted by Crippen LogP contribution is 2.44. The normalized spacial score (nSPS) is 30.4. The fourth-order valence-electron chi connectivity index (χ4n) is 4.07. The molecule has 6 heteroatoms. The molecule has 0 amide bonds. The molecular formula is C17H25NO4S.